The third-order valence-electron chi connectivity index (χ3n) is 2.48. The lowest BCUT2D eigenvalue weighted by Crippen LogP contribution is -2.22. The fourth-order valence-electron chi connectivity index (χ4n) is 1.68. The average molecular weight is 287 g/mol. The molecule has 0 unspecified atom stereocenters. The second-order valence-electron chi connectivity index (χ2n) is 4.30. The van der Waals surface area contributed by atoms with Crippen LogP contribution in [0.5, 0.6) is 5.75 Å². The molecule has 1 aromatic rings. The Bertz CT molecular complexity index is 399. The van der Waals surface area contributed by atoms with E-state index in [0.717, 1.165) is 15.8 Å². The number of ether oxygens (including phenoxy) is 1. The van der Waals surface area contributed by atoms with Crippen molar-refractivity contribution in [1.82, 2.24) is 0 Å². The fourth-order valence-corrected chi connectivity index (χ4v) is 2.04. The molecule has 3 nitrogen and oxygen atoms in total. The lowest BCUT2D eigenvalue weighted by atomic mass is 9.81. The van der Waals surface area contributed by atoms with Gasteiger partial charge in [0, 0.05) is 15.5 Å². The van der Waals surface area contributed by atoms with Crippen molar-refractivity contribution >= 4 is 21.9 Å². The van der Waals surface area contributed by atoms with E-state index in [9.17, 15) is 4.79 Å². The number of rotatable bonds is 4. The van der Waals surface area contributed by atoms with Gasteiger partial charge in [-0.3, -0.25) is 4.79 Å². The molecule has 4 heteroatoms. The van der Waals surface area contributed by atoms with Gasteiger partial charge in [0.1, 0.15) is 5.75 Å². The van der Waals surface area contributed by atoms with E-state index in [4.69, 9.17) is 9.84 Å². The van der Waals surface area contributed by atoms with Gasteiger partial charge < -0.3 is 9.84 Å². The highest BCUT2D eigenvalue weighted by molar-refractivity contribution is 9.10. The molecule has 0 bridgehead atoms. The Kier molecular flexibility index (Phi) is 3.97. The average Bonchev–Trinajstić information content (AvgIpc) is 2.15. The minimum absolute atomic E-state index is 0.0693. The zero-order valence-corrected chi connectivity index (χ0v) is 11.2. The summed E-state index contributed by atoms with van der Waals surface area (Å²) in [6.45, 7) is 3.79. The summed E-state index contributed by atoms with van der Waals surface area (Å²) in [4.78, 5) is 10.8. The molecule has 0 saturated carbocycles. The second kappa shape index (κ2) is 4.87. The molecule has 0 aliphatic heterocycles. The standard InChI is InChI=1S/C12H15BrO3/c1-12(2,7-11(14)15)9-6-8(13)4-5-10(9)16-3/h4-6H,7H2,1-3H3,(H,14,15). The van der Waals surface area contributed by atoms with E-state index in [1.54, 1.807) is 7.11 Å². The largest absolute Gasteiger partial charge is 0.496 e. The number of carbonyl (C=O) groups is 1. The van der Waals surface area contributed by atoms with Crippen LogP contribution in [-0.4, -0.2) is 18.2 Å². The van der Waals surface area contributed by atoms with Crippen LogP contribution in [0.1, 0.15) is 25.8 Å². The SMILES string of the molecule is COc1ccc(Br)cc1C(C)(C)CC(=O)O. The summed E-state index contributed by atoms with van der Waals surface area (Å²) in [5.41, 5.74) is 0.438. The first kappa shape index (κ1) is 13.0. The van der Waals surface area contributed by atoms with Gasteiger partial charge in [0.25, 0.3) is 0 Å². The Morgan fingerprint density at radius 3 is 2.62 bits per heavy atom. The molecular formula is C12H15BrO3. The molecule has 16 heavy (non-hydrogen) atoms. The third-order valence-corrected chi connectivity index (χ3v) is 2.98. The zero-order chi connectivity index (χ0) is 12.3. The van der Waals surface area contributed by atoms with Gasteiger partial charge in [0.2, 0.25) is 0 Å². The number of carboxylic acid groups (broad SMARTS) is 1. The third kappa shape index (κ3) is 2.98. The van der Waals surface area contributed by atoms with E-state index in [-0.39, 0.29) is 6.42 Å². The van der Waals surface area contributed by atoms with Gasteiger partial charge in [0.05, 0.1) is 13.5 Å². The minimum atomic E-state index is -0.813. The van der Waals surface area contributed by atoms with Crippen molar-refractivity contribution in [3.05, 3.63) is 28.2 Å². The predicted molar refractivity (Wildman–Crippen MR) is 66.0 cm³/mol. The molecule has 0 fully saturated rings. The number of aliphatic carboxylic acids is 1. The number of halogens is 1. The van der Waals surface area contributed by atoms with Gasteiger partial charge in [-0.1, -0.05) is 29.8 Å². The molecule has 0 spiro atoms. The highest BCUT2D eigenvalue weighted by Crippen LogP contribution is 2.36. The van der Waals surface area contributed by atoms with E-state index in [1.807, 2.05) is 32.0 Å². The highest BCUT2D eigenvalue weighted by Gasteiger charge is 2.27. The number of hydrogen-bond donors (Lipinski definition) is 1. The summed E-state index contributed by atoms with van der Waals surface area (Å²) < 4.78 is 6.17. The van der Waals surface area contributed by atoms with Crippen LogP contribution >= 0.6 is 15.9 Å². The first-order valence-electron chi connectivity index (χ1n) is 4.92. The molecule has 0 radical (unpaired) electrons. The summed E-state index contributed by atoms with van der Waals surface area (Å²) in [5, 5.41) is 8.89. The normalized spacial score (nSPS) is 11.2. The minimum Gasteiger partial charge on any atom is -0.496 e. The van der Waals surface area contributed by atoms with Crippen molar-refractivity contribution in [2.45, 2.75) is 25.7 Å². The smallest absolute Gasteiger partial charge is 0.304 e. The molecular weight excluding hydrogens is 272 g/mol. The Morgan fingerprint density at radius 2 is 2.12 bits per heavy atom. The molecule has 0 amide bonds. The zero-order valence-electron chi connectivity index (χ0n) is 9.58. The lowest BCUT2D eigenvalue weighted by molar-refractivity contribution is -0.138. The van der Waals surface area contributed by atoms with Gasteiger partial charge in [0.15, 0.2) is 0 Å². The van der Waals surface area contributed by atoms with E-state index >= 15 is 0 Å². The predicted octanol–water partition coefficient (Wildman–Crippen LogP) is 3.21. The van der Waals surface area contributed by atoms with Crippen molar-refractivity contribution in [3.8, 4) is 5.75 Å². The van der Waals surface area contributed by atoms with Crippen LogP contribution in [0, 0.1) is 0 Å². The molecule has 0 saturated heterocycles. The van der Waals surface area contributed by atoms with Crippen LogP contribution in [0.25, 0.3) is 0 Å². The van der Waals surface area contributed by atoms with Crippen LogP contribution in [0.4, 0.5) is 0 Å². The Hall–Kier alpha value is -1.03. The summed E-state index contributed by atoms with van der Waals surface area (Å²) in [7, 11) is 1.59. The molecule has 0 heterocycles. The summed E-state index contributed by atoms with van der Waals surface area (Å²) in [6, 6.07) is 5.62. The molecule has 0 aliphatic rings. The fraction of sp³-hybridized carbons (Fsp3) is 0.417. The number of hydrogen-bond acceptors (Lipinski definition) is 2. The highest BCUT2D eigenvalue weighted by atomic mass is 79.9. The number of carboxylic acids is 1. The van der Waals surface area contributed by atoms with Crippen molar-refractivity contribution in [3.63, 3.8) is 0 Å². The maximum atomic E-state index is 10.8. The number of methoxy groups -OCH3 is 1. The van der Waals surface area contributed by atoms with Crippen molar-refractivity contribution in [2.75, 3.05) is 7.11 Å². The van der Waals surface area contributed by atoms with E-state index < -0.39 is 11.4 Å². The molecule has 0 atom stereocenters. The Balaban J connectivity index is 3.18. The summed E-state index contributed by atoms with van der Waals surface area (Å²) in [5.74, 6) is -0.0959. The van der Waals surface area contributed by atoms with Crippen molar-refractivity contribution < 1.29 is 14.6 Å². The van der Waals surface area contributed by atoms with Gasteiger partial charge in [-0.15, -0.1) is 0 Å². The Labute approximate surface area is 104 Å². The monoisotopic (exact) mass is 286 g/mol. The first-order valence-corrected chi connectivity index (χ1v) is 5.72. The van der Waals surface area contributed by atoms with Crippen LogP contribution in [0.15, 0.2) is 22.7 Å². The van der Waals surface area contributed by atoms with Gasteiger partial charge in [-0.05, 0) is 18.2 Å². The Morgan fingerprint density at radius 1 is 1.50 bits per heavy atom. The molecule has 1 rings (SSSR count). The van der Waals surface area contributed by atoms with Crippen LogP contribution < -0.4 is 4.74 Å². The van der Waals surface area contributed by atoms with Crippen LogP contribution in [0.3, 0.4) is 0 Å². The topological polar surface area (TPSA) is 46.5 Å². The van der Waals surface area contributed by atoms with E-state index in [1.165, 1.54) is 0 Å². The van der Waals surface area contributed by atoms with Gasteiger partial charge >= 0.3 is 5.97 Å². The molecule has 1 aromatic carbocycles. The molecule has 1 N–H and O–H groups in total. The number of benzene rings is 1. The van der Waals surface area contributed by atoms with Gasteiger partial charge in [-0.25, -0.2) is 0 Å². The second-order valence-corrected chi connectivity index (χ2v) is 5.21. The molecule has 88 valence electrons. The van der Waals surface area contributed by atoms with Crippen LogP contribution in [0.2, 0.25) is 0 Å². The van der Waals surface area contributed by atoms with Gasteiger partial charge in [-0.2, -0.15) is 0 Å². The summed E-state index contributed by atoms with van der Waals surface area (Å²) in [6.07, 6.45) is 0.0693. The van der Waals surface area contributed by atoms with E-state index in [0.29, 0.717) is 0 Å². The first-order chi connectivity index (χ1) is 7.36. The summed E-state index contributed by atoms with van der Waals surface area (Å²) >= 11 is 3.38. The van der Waals surface area contributed by atoms with Crippen molar-refractivity contribution in [2.24, 2.45) is 0 Å². The lowest BCUT2D eigenvalue weighted by Gasteiger charge is -2.25. The maximum Gasteiger partial charge on any atom is 0.304 e. The molecule has 0 aromatic heterocycles. The molecule has 0 aliphatic carbocycles. The van der Waals surface area contributed by atoms with Crippen molar-refractivity contribution in [1.29, 1.82) is 0 Å². The maximum absolute atomic E-state index is 10.8. The quantitative estimate of drug-likeness (QED) is 0.925. The van der Waals surface area contributed by atoms with E-state index in [2.05, 4.69) is 15.9 Å². The van der Waals surface area contributed by atoms with Crippen LogP contribution in [-0.2, 0) is 10.2 Å².